The van der Waals surface area contributed by atoms with Crippen LogP contribution in [0.2, 0.25) is 0 Å². The average molecular weight is 598 g/mol. The Bertz CT molecular complexity index is 1570. The molecule has 13 heteroatoms. The molecule has 0 aliphatic heterocycles. The van der Waals surface area contributed by atoms with E-state index in [0.29, 0.717) is 39.3 Å². The molecule has 3 heterocycles. The molecule has 10 nitrogen and oxygen atoms in total. The molecule has 216 valence electrons. The third-order valence-electron chi connectivity index (χ3n) is 5.44. The van der Waals surface area contributed by atoms with Crippen LogP contribution in [0.4, 0.5) is 20.6 Å². The van der Waals surface area contributed by atoms with Gasteiger partial charge in [-0.25, -0.2) is 9.78 Å². The summed E-state index contributed by atoms with van der Waals surface area (Å²) in [6.07, 6.45) is 4.63. The van der Waals surface area contributed by atoms with Crippen LogP contribution in [-0.4, -0.2) is 60.6 Å². The van der Waals surface area contributed by atoms with Crippen molar-refractivity contribution in [3.63, 3.8) is 0 Å². The maximum absolute atomic E-state index is 13.3. The van der Waals surface area contributed by atoms with E-state index in [0.717, 1.165) is 29.0 Å². The number of allylic oxidation sites excluding steroid dienone is 1. The number of fused-ring (bicyclic) bond motifs is 1. The molecule has 4 N–H and O–H groups in total. The number of hydrogen-bond donors (Lipinski definition) is 4. The van der Waals surface area contributed by atoms with Gasteiger partial charge in [0.15, 0.2) is 5.13 Å². The molecule has 3 amide bonds. The van der Waals surface area contributed by atoms with Gasteiger partial charge in [0, 0.05) is 42.8 Å². The first-order valence-electron chi connectivity index (χ1n) is 12.5. The van der Waals surface area contributed by atoms with Gasteiger partial charge in [-0.2, -0.15) is 4.39 Å². The Labute approximate surface area is 245 Å². The van der Waals surface area contributed by atoms with Crippen molar-refractivity contribution in [1.82, 2.24) is 24.5 Å². The van der Waals surface area contributed by atoms with E-state index in [1.807, 2.05) is 25.9 Å². The number of rotatable bonds is 9. The molecule has 4 aromatic rings. The summed E-state index contributed by atoms with van der Waals surface area (Å²) >= 11 is 1.91. The van der Waals surface area contributed by atoms with E-state index < -0.39 is 6.03 Å². The van der Waals surface area contributed by atoms with Gasteiger partial charge in [-0.05, 0) is 75.4 Å². The third kappa shape index (κ3) is 8.64. The van der Waals surface area contributed by atoms with Crippen LogP contribution in [-0.2, 0) is 0 Å². The SMILES string of the molecule is C=CC.CNc1ccc2c(=O)n(-c3ccc(NC(=O)NSc4ccc(F)s4)cn3)cc(C(=O)NCCN(C)C)c2c1. The number of hydrogen-bond acceptors (Lipinski definition) is 8. The Kier molecular flexibility index (Phi) is 11.4. The van der Waals surface area contributed by atoms with Crippen LogP contribution in [0.5, 0.6) is 0 Å². The van der Waals surface area contributed by atoms with Crippen LogP contribution in [0, 0.1) is 5.13 Å². The van der Waals surface area contributed by atoms with Gasteiger partial charge in [-0.15, -0.1) is 6.58 Å². The lowest BCUT2D eigenvalue weighted by atomic mass is 10.1. The normalized spacial score (nSPS) is 10.5. The van der Waals surface area contributed by atoms with Crippen molar-refractivity contribution in [3.05, 3.63) is 88.6 Å². The molecule has 0 radical (unpaired) electrons. The molecule has 0 aliphatic carbocycles. The number of anilines is 2. The van der Waals surface area contributed by atoms with Crippen LogP contribution in [0.25, 0.3) is 16.6 Å². The summed E-state index contributed by atoms with van der Waals surface area (Å²) in [5, 5.41) is 9.12. The second-order valence-corrected chi connectivity index (χ2v) is 11.0. The molecule has 1 aromatic carbocycles. The number of carbonyl (C=O) groups is 2. The zero-order valence-electron chi connectivity index (χ0n) is 23.2. The summed E-state index contributed by atoms with van der Waals surface area (Å²) in [5.41, 5.74) is 1.16. The van der Waals surface area contributed by atoms with Crippen molar-refractivity contribution in [1.29, 1.82) is 0 Å². The fourth-order valence-electron chi connectivity index (χ4n) is 3.54. The standard InChI is InChI=1S/C25H26FN7O3S2.C3H6/c1-27-15-4-6-17-18(12-15)19(23(34)28-10-11-32(2)3)14-33(24(17)35)21-8-5-16(13-29-21)30-25(36)31-38-22-9-7-20(26)37-22;1-3-2/h4-9,12-14,27H,10-11H2,1-3H3,(H,28,34)(H2,30,31,36);3H,1H2,2H3. The maximum Gasteiger partial charge on any atom is 0.329 e. The molecule has 0 spiro atoms. The molecule has 0 atom stereocenters. The molecule has 0 saturated heterocycles. The lowest BCUT2D eigenvalue weighted by Gasteiger charge is -2.15. The Hall–Kier alpha value is -4.20. The second kappa shape index (κ2) is 15.0. The predicted molar refractivity (Wildman–Crippen MR) is 166 cm³/mol. The van der Waals surface area contributed by atoms with E-state index in [9.17, 15) is 18.8 Å². The lowest BCUT2D eigenvalue weighted by Crippen LogP contribution is -2.32. The first-order valence-corrected chi connectivity index (χ1v) is 14.1. The van der Waals surface area contributed by atoms with Crippen LogP contribution < -0.4 is 26.2 Å². The van der Waals surface area contributed by atoms with E-state index in [-0.39, 0.29) is 22.4 Å². The highest BCUT2D eigenvalue weighted by Gasteiger charge is 2.17. The summed E-state index contributed by atoms with van der Waals surface area (Å²) in [6, 6.07) is 10.7. The molecular weight excluding hydrogens is 565 g/mol. The largest absolute Gasteiger partial charge is 0.388 e. The monoisotopic (exact) mass is 597 g/mol. The number of aromatic nitrogens is 2. The van der Waals surface area contributed by atoms with Crippen molar-refractivity contribution in [2.45, 2.75) is 11.1 Å². The Morgan fingerprint density at radius 2 is 1.88 bits per heavy atom. The van der Waals surface area contributed by atoms with Crippen LogP contribution in [0.15, 0.2) is 76.5 Å². The van der Waals surface area contributed by atoms with Gasteiger partial charge in [-0.1, -0.05) is 17.4 Å². The molecule has 0 aliphatic rings. The summed E-state index contributed by atoms with van der Waals surface area (Å²) in [4.78, 5) is 44.9. The lowest BCUT2D eigenvalue weighted by molar-refractivity contribution is 0.0952. The van der Waals surface area contributed by atoms with Gasteiger partial charge >= 0.3 is 6.03 Å². The first-order chi connectivity index (χ1) is 19.7. The number of urea groups is 1. The number of carbonyl (C=O) groups excluding carboxylic acids is 2. The smallest absolute Gasteiger partial charge is 0.329 e. The van der Waals surface area contributed by atoms with E-state index in [2.05, 4.69) is 32.2 Å². The zero-order chi connectivity index (χ0) is 29.9. The van der Waals surface area contributed by atoms with Gasteiger partial charge in [0.25, 0.3) is 11.5 Å². The highest BCUT2D eigenvalue weighted by Crippen LogP contribution is 2.24. The Morgan fingerprint density at radius 1 is 1.15 bits per heavy atom. The van der Waals surface area contributed by atoms with E-state index in [1.165, 1.54) is 23.0 Å². The average Bonchev–Trinajstić information content (AvgIpc) is 3.37. The van der Waals surface area contributed by atoms with Crippen molar-refractivity contribution < 1.29 is 14.0 Å². The van der Waals surface area contributed by atoms with Gasteiger partial charge in [-0.3, -0.25) is 18.9 Å². The van der Waals surface area contributed by atoms with Crippen molar-refractivity contribution in [2.75, 3.05) is 44.9 Å². The molecule has 0 bridgehead atoms. The minimum atomic E-state index is -0.516. The number of likely N-dealkylation sites (N-methyl/N-ethyl adjacent to an activating group) is 1. The van der Waals surface area contributed by atoms with Crippen molar-refractivity contribution in [2.24, 2.45) is 0 Å². The quantitative estimate of drug-likeness (QED) is 0.159. The second-order valence-electron chi connectivity index (χ2n) is 8.82. The number of thiophene rings is 1. The molecule has 41 heavy (non-hydrogen) atoms. The first kappa shape index (κ1) is 31.3. The van der Waals surface area contributed by atoms with Gasteiger partial charge < -0.3 is 20.9 Å². The number of nitrogens with one attached hydrogen (secondary N) is 4. The number of pyridine rings is 2. The highest BCUT2D eigenvalue weighted by atomic mass is 32.2. The molecule has 0 saturated carbocycles. The van der Waals surface area contributed by atoms with Crippen molar-refractivity contribution >= 4 is 57.4 Å². The molecule has 3 aromatic heterocycles. The van der Waals surface area contributed by atoms with E-state index in [1.54, 1.807) is 49.5 Å². The molecule has 4 rings (SSSR count). The van der Waals surface area contributed by atoms with E-state index >= 15 is 0 Å². The number of benzene rings is 1. The Morgan fingerprint density at radius 3 is 2.49 bits per heavy atom. The highest BCUT2D eigenvalue weighted by molar-refractivity contribution is 7.99. The fourth-order valence-corrected chi connectivity index (χ4v) is 4.92. The number of nitrogens with zero attached hydrogens (tertiary/aromatic N) is 3. The maximum atomic E-state index is 13.3. The van der Waals surface area contributed by atoms with E-state index in [4.69, 9.17) is 0 Å². The zero-order valence-corrected chi connectivity index (χ0v) is 24.8. The predicted octanol–water partition coefficient (Wildman–Crippen LogP) is 4.94. The molecule has 0 unspecified atom stereocenters. The third-order valence-corrected chi connectivity index (χ3v) is 7.23. The molecule has 0 fully saturated rings. The van der Waals surface area contributed by atoms with Crippen molar-refractivity contribution in [3.8, 4) is 5.82 Å². The molecular formula is C28H32FN7O3S2. The Balaban J connectivity index is 0.00000147. The fraction of sp³-hybridized carbons (Fsp3) is 0.214. The van der Waals surface area contributed by atoms with Crippen LogP contribution in [0.3, 0.4) is 0 Å². The number of halogens is 1. The minimum absolute atomic E-state index is 0.284. The summed E-state index contributed by atoms with van der Waals surface area (Å²) < 4.78 is 17.6. The van der Waals surface area contributed by atoms with Gasteiger partial charge in [0.2, 0.25) is 0 Å². The van der Waals surface area contributed by atoms with Gasteiger partial charge in [0.1, 0.15) is 5.82 Å². The van der Waals surface area contributed by atoms with Crippen LogP contribution >= 0.6 is 23.3 Å². The summed E-state index contributed by atoms with van der Waals surface area (Å²) in [6.45, 7) is 6.36. The van der Waals surface area contributed by atoms with Crippen LogP contribution in [0.1, 0.15) is 17.3 Å². The minimum Gasteiger partial charge on any atom is -0.388 e. The summed E-state index contributed by atoms with van der Waals surface area (Å²) in [5.74, 6) is -0.0248. The van der Waals surface area contributed by atoms with Gasteiger partial charge in [0.05, 0.1) is 21.7 Å². The number of amides is 3. The topological polar surface area (TPSA) is 120 Å². The summed E-state index contributed by atoms with van der Waals surface area (Å²) in [7, 11) is 5.59.